The normalized spacial score (nSPS) is 11.8. The molecule has 0 fully saturated rings. The number of benzene rings is 1. The predicted molar refractivity (Wildman–Crippen MR) is 58.6 cm³/mol. The average molecular weight is 242 g/mol. The molecule has 5 heteroatoms. The maximum absolute atomic E-state index is 13.1. The van der Waals surface area contributed by atoms with Crippen LogP contribution in [-0.2, 0) is 4.79 Å². The highest BCUT2D eigenvalue weighted by Gasteiger charge is 2.19. The molecule has 1 atom stereocenters. The summed E-state index contributed by atoms with van der Waals surface area (Å²) in [5.41, 5.74) is 0.268. The van der Waals surface area contributed by atoms with Gasteiger partial charge in [0.05, 0.1) is 11.6 Å². The first-order valence-corrected chi connectivity index (χ1v) is 4.78. The topological polar surface area (TPSA) is 49.3 Å². The molecule has 2 N–H and O–H groups in total. The van der Waals surface area contributed by atoms with Crippen LogP contribution in [0, 0.1) is 18.2 Å². The van der Waals surface area contributed by atoms with E-state index in [2.05, 4.69) is 11.2 Å². The van der Waals surface area contributed by atoms with Crippen LogP contribution in [0.5, 0.6) is 0 Å². The summed E-state index contributed by atoms with van der Waals surface area (Å²) in [7, 11) is 0. The molecule has 0 saturated heterocycles. The summed E-state index contributed by atoms with van der Waals surface area (Å²) in [6, 6.07) is 2.78. The zero-order chi connectivity index (χ0) is 12.1. The first-order valence-electron chi connectivity index (χ1n) is 4.41. The van der Waals surface area contributed by atoms with Crippen molar-refractivity contribution in [3.05, 3.63) is 34.6 Å². The standard InChI is InChI=1S/C11H9ClFNO2/c1-2-5-14-10(11(15)16)7-3-4-8(12)9(13)6-7/h1,3-4,6,10,14H,5H2,(H,15,16). The van der Waals surface area contributed by atoms with Gasteiger partial charge in [-0.1, -0.05) is 23.6 Å². The fraction of sp³-hybridized carbons (Fsp3) is 0.182. The molecule has 0 heterocycles. The van der Waals surface area contributed by atoms with Crippen LogP contribution in [0.1, 0.15) is 11.6 Å². The lowest BCUT2D eigenvalue weighted by molar-refractivity contribution is -0.139. The van der Waals surface area contributed by atoms with Gasteiger partial charge in [0.2, 0.25) is 0 Å². The number of nitrogens with one attached hydrogen (secondary N) is 1. The van der Waals surface area contributed by atoms with Gasteiger partial charge in [0, 0.05) is 0 Å². The van der Waals surface area contributed by atoms with E-state index in [0.717, 1.165) is 6.07 Å². The van der Waals surface area contributed by atoms with E-state index in [4.69, 9.17) is 23.1 Å². The molecule has 0 amide bonds. The van der Waals surface area contributed by atoms with Crippen molar-refractivity contribution < 1.29 is 14.3 Å². The van der Waals surface area contributed by atoms with Gasteiger partial charge in [0.1, 0.15) is 11.9 Å². The maximum atomic E-state index is 13.1. The number of hydrogen-bond donors (Lipinski definition) is 2. The van der Waals surface area contributed by atoms with E-state index in [9.17, 15) is 9.18 Å². The molecule has 0 spiro atoms. The highest BCUT2D eigenvalue weighted by atomic mass is 35.5. The lowest BCUT2D eigenvalue weighted by atomic mass is 10.1. The van der Waals surface area contributed by atoms with Gasteiger partial charge in [0.25, 0.3) is 0 Å². The first kappa shape index (κ1) is 12.5. The van der Waals surface area contributed by atoms with Crippen molar-refractivity contribution in [2.24, 2.45) is 0 Å². The monoisotopic (exact) mass is 241 g/mol. The number of carboxylic acids is 1. The third-order valence-electron chi connectivity index (χ3n) is 1.93. The Morgan fingerprint density at radius 3 is 2.88 bits per heavy atom. The summed E-state index contributed by atoms with van der Waals surface area (Å²) < 4.78 is 13.1. The number of aliphatic carboxylic acids is 1. The summed E-state index contributed by atoms with van der Waals surface area (Å²) in [4.78, 5) is 10.9. The summed E-state index contributed by atoms with van der Waals surface area (Å²) in [6.45, 7) is 0.0845. The molecule has 1 aromatic rings. The molecule has 3 nitrogen and oxygen atoms in total. The van der Waals surface area contributed by atoms with Gasteiger partial charge >= 0.3 is 5.97 Å². The Hall–Kier alpha value is -1.57. The van der Waals surface area contributed by atoms with E-state index < -0.39 is 17.8 Å². The highest BCUT2D eigenvalue weighted by Crippen LogP contribution is 2.20. The third-order valence-corrected chi connectivity index (χ3v) is 2.24. The second-order valence-corrected chi connectivity index (χ2v) is 3.44. The Labute approximate surface area is 97.2 Å². The van der Waals surface area contributed by atoms with E-state index in [1.165, 1.54) is 12.1 Å². The van der Waals surface area contributed by atoms with Crippen molar-refractivity contribution in [1.29, 1.82) is 0 Å². The van der Waals surface area contributed by atoms with E-state index in [0.29, 0.717) is 0 Å². The van der Waals surface area contributed by atoms with Crippen molar-refractivity contribution in [2.75, 3.05) is 6.54 Å². The van der Waals surface area contributed by atoms with E-state index in [1.54, 1.807) is 0 Å². The SMILES string of the molecule is C#CCNC(C(=O)O)c1ccc(Cl)c(F)c1. The van der Waals surface area contributed by atoms with Crippen LogP contribution in [0.4, 0.5) is 4.39 Å². The Morgan fingerprint density at radius 1 is 1.69 bits per heavy atom. The van der Waals surface area contributed by atoms with Gasteiger partial charge in [0.15, 0.2) is 0 Å². The quantitative estimate of drug-likeness (QED) is 0.791. The summed E-state index contributed by atoms with van der Waals surface area (Å²) in [5.74, 6) is 0.467. The zero-order valence-electron chi connectivity index (χ0n) is 8.21. The molecule has 1 aromatic carbocycles. The fourth-order valence-electron chi connectivity index (χ4n) is 1.20. The molecule has 0 aliphatic heterocycles. The van der Waals surface area contributed by atoms with E-state index in [-0.39, 0.29) is 17.1 Å². The lowest BCUT2D eigenvalue weighted by Gasteiger charge is -2.13. The van der Waals surface area contributed by atoms with E-state index in [1.807, 2.05) is 0 Å². The third kappa shape index (κ3) is 2.96. The summed E-state index contributed by atoms with van der Waals surface area (Å²) in [6.07, 6.45) is 5.01. The van der Waals surface area contributed by atoms with Crippen molar-refractivity contribution in [1.82, 2.24) is 5.32 Å². The van der Waals surface area contributed by atoms with Crippen LogP contribution in [0.3, 0.4) is 0 Å². The predicted octanol–water partition coefficient (Wildman–Crippen LogP) is 1.83. The molecule has 84 valence electrons. The largest absolute Gasteiger partial charge is 0.480 e. The second kappa shape index (κ2) is 5.50. The minimum Gasteiger partial charge on any atom is -0.480 e. The highest BCUT2D eigenvalue weighted by molar-refractivity contribution is 6.30. The summed E-state index contributed by atoms with van der Waals surface area (Å²) >= 11 is 5.49. The molecule has 0 radical (unpaired) electrons. The molecule has 16 heavy (non-hydrogen) atoms. The number of terminal acetylenes is 1. The van der Waals surface area contributed by atoms with Crippen LogP contribution < -0.4 is 5.32 Å². The molecule has 0 aromatic heterocycles. The molecular formula is C11H9ClFNO2. The van der Waals surface area contributed by atoms with Crippen LogP contribution in [0.15, 0.2) is 18.2 Å². The van der Waals surface area contributed by atoms with Crippen molar-refractivity contribution >= 4 is 17.6 Å². The van der Waals surface area contributed by atoms with Crippen molar-refractivity contribution in [3.63, 3.8) is 0 Å². The number of halogens is 2. The fourth-order valence-corrected chi connectivity index (χ4v) is 1.32. The summed E-state index contributed by atoms with van der Waals surface area (Å²) in [5, 5.41) is 11.5. The van der Waals surface area contributed by atoms with Crippen molar-refractivity contribution in [3.8, 4) is 12.3 Å². The van der Waals surface area contributed by atoms with Crippen molar-refractivity contribution in [2.45, 2.75) is 6.04 Å². The lowest BCUT2D eigenvalue weighted by Crippen LogP contribution is -2.28. The molecule has 0 aliphatic carbocycles. The number of carbonyl (C=O) groups is 1. The average Bonchev–Trinajstić information content (AvgIpc) is 2.23. The molecule has 0 aliphatic rings. The maximum Gasteiger partial charge on any atom is 0.325 e. The second-order valence-electron chi connectivity index (χ2n) is 3.03. The van der Waals surface area contributed by atoms with Crippen LogP contribution in [-0.4, -0.2) is 17.6 Å². The van der Waals surface area contributed by atoms with Crippen LogP contribution in [0.25, 0.3) is 0 Å². The molecular weight excluding hydrogens is 233 g/mol. The van der Waals surface area contributed by atoms with Gasteiger partial charge < -0.3 is 5.11 Å². The first-order chi connectivity index (χ1) is 7.56. The Morgan fingerprint density at radius 2 is 2.38 bits per heavy atom. The number of rotatable bonds is 4. The molecule has 0 bridgehead atoms. The van der Waals surface area contributed by atoms with Gasteiger partial charge in [-0.15, -0.1) is 6.42 Å². The Bertz CT molecular complexity index is 442. The molecule has 0 saturated carbocycles. The van der Waals surface area contributed by atoms with Crippen LogP contribution >= 0.6 is 11.6 Å². The van der Waals surface area contributed by atoms with Gasteiger partial charge in [-0.2, -0.15) is 0 Å². The van der Waals surface area contributed by atoms with Crippen LogP contribution in [0.2, 0.25) is 5.02 Å². The number of carboxylic acid groups (broad SMARTS) is 1. The minimum atomic E-state index is -1.13. The van der Waals surface area contributed by atoms with Gasteiger partial charge in [-0.3, -0.25) is 10.1 Å². The van der Waals surface area contributed by atoms with Gasteiger partial charge in [-0.05, 0) is 17.7 Å². The molecule has 1 unspecified atom stereocenters. The molecule has 1 rings (SSSR count). The smallest absolute Gasteiger partial charge is 0.325 e. The Kier molecular flexibility index (Phi) is 4.29. The number of hydrogen-bond acceptors (Lipinski definition) is 2. The minimum absolute atomic E-state index is 0.0511. The van der Waals surface area contributed by atoms with E-state index >= 15 is 0 Å². The zero-order valence-corrected chi connectivity index (χ0v) is 8.96. The Balaban J connectivity index is 2.97. The van der Waals surface area contributed by atoms with Gasteiger partial charge in [-0.25, -0.2) is 4.39 Å².